The number of aryl methyl sites for hydroxylation is 1. The predicted molar refractivity (Wildman–Crippen MR) is 95.4 cm³/mol. The molecule has 0 saturated heterocycles. The van der Waals surface area contributed by atoms with Gasteiger partial charge in [-0.2, -0.15) is 0 Å². The maximum absolute atomic E-state index is 10.6. The Kier molecular flexibility index (Phi) is 5.80. The second-order valence-electron chi connectivity index (χ2n) is 7.85. The summed E-state index contributed by atoms with van der Waals surface area (Å²) in [6, 6.07) is 7.91. The Hall–Kier alpha value is -1.51. The van der Waals surface area contributed by atoms with Crippen molar-refractivity contribution in [2.75, 3.05) is 6.61 Å². The van der Waals surface area contributed by atoms with Gasteiger partial charge in [-0.25, -0.2) is 0 Å². The average Bonchev–Trinajstić information content (AvgIpc) is 2.61. The van der Waals surface area contributed by atoms with E-state index < -0.39 is 5.97 Å². The molecule has 0 amide bonds. The van der Waals surface area contributed by atoms with E-state index in [2.05, 4.69) is 0 Å². The lowest BCUT2D eigenvalue weighted by Crippen LogP contribution is -2.31. The van der Waals surface area contributed by atoms with Gasteiger partial charge >= 0.3 is 5.97 Å². The number of benzene rings is 1. The Morgan fingerprint density at radius 1 is 1.04 bits per heavy atom. The van der Waals surface area contributed by atoms with E-state index in [9.17, 15) is 4.79 Å². The molecule has 0 aromatic heterocycles. The summed E-state index contributed by atoms with van der Waals surface area (Å²) in [5.41, 5.74) is 1.74. The number of hydrogen-bond donors (Lipinski definition) is 1. The van der Waals surface area contributed by atoms with Crippen LogP contribution in [0, 0.1) is 11.3 Å². The Labute approximate surface area is 145 Å². The van der Waals surface area contributed by atoms with Crippen molar-refractivity contribution >= 4 is 5.97 Å². The standard InChI is InChI=1S/C21H30O3/c22-20(23)9-6-17-4-7-19(8-5-17)24-16-18-10-14-21(15-11-18)12-2-1-3-13-21/h4-5,7-8,18H,1-3,6,9-16H2,(H,22,23). The zero-order valence-corrected chi connectivity index (χ0v) is 14.6. The molecular formula is C21H30O3. The first-order valence-electron chi connectivity index (χ1n) is 9.59. The molecule has 24 heavy (non-hydrogen) atoms. The van der Waals surface area contributed by atoms with Gasteiger partial charge in [-0.15, -0.1) is 0 Å². The SMILES string of the molecule is O=C(O)CCc1ccc(OCC2CCC3(CCCCC3)CC2)cc1. The highest BCUT2D eigenvalue weighted by Gasteiger charge is 2.36. The van der Waals surface area contributed by atoms with Crippen molar-refractivity contribution in [2.45, 2.75) is 70.6 Å². The molecule has 132 valence electrons. The van der Waals surface area contributed by atoms with Gasteiger partial charge in [-0.3, -0.25) is 4.79 Å². The van der Waals surface area contributed by atoms with E-state index in [-0.39, 0.29) is 6.42 Å². The maximum atomic E-state index is 10.6. The molecule has 3 heteroatoms. The van der Waals surface area contributed by atoms with E-state index in [1.807, 2.05) is 24.3 Å². The minimum Gasteiger partial charge on any atom is -0.493 e. The van der Waals surface area contributed by atoms with Crippen LogP contribution in [0.3, 0.4) is 0 Å². The lowest BCUT2D eigenvalue weighted by atomic mass is 9.63. The van der Waals surface area contributed by atoms with Crippen LogP contribution in [-0.4, -0.2) is 17.7 Å². The first-order valence-corrected chi connectivity index (χ1v) is 9.59. The number of carbonyl (C=O) groups is 1. The first-order chi connectivity index (χ1) is 11.7. The predicted octanol–water partition coefficient (Wildman–Crippen LogP) is 5.22. The smallest absolute Gasteiger partial charge is 0.303 e. The summed E-state index contributed by atoms with van der Waals surface area (Å²) >= 11 is 0. The molecule has 3 nitrogen and oxygen atoms in total. The molecule has 2 aliphatic rings. The van der Waals surface area contributed by atoms with E-state index >= 15 is 0 Å². The molecular weight excluding hydrogens is 300 g/mol. The van der Waals surface area contributed by atoms with Gasteiger partial charge in [-0.1, -0.05) is 31.4 Å². The number of ether oxygens (including phenoxy) is 1. The number of hydrogen-bond acceptors (Lipinski definition) is 2. The minimum absolute atomic E-state index is 0.185. The van der Waals surface area contributed by atoms with Gasteiger partial charge in [0.05, 0.1) is 6.61 Å². The fourth-order valence-electron chi connectivity index (χ4n) is 4.48. The van der Waals surface area contributed by atoms with Crippen LogP contribution in [-0.2, 0) is 11.2 Å². The van der Waals surface area contributed by atoms with Gasteiger partial charge in [0.15, 0.2) is 0 Å². The lowest BCUT2D eigenvalue weighted by molar-refractivity contribution is -0.136. The molecule has 0 heterocycles. The fraction of sp³-hybridized carbons (Fsp3) is 0.667. The van der Waals surface area contributed by atoms with Crippen LogP contribution in [0.1, 0.15) is 69.8 Å². The number of carboxylic acid groups (broad SMARTS) is 1. The zero-order chi connectivity index (χ0) is 16.8. The summed E-state index contributed by atoms with van der Waals surface area (Å²) in [6.45, 7) is 0.824. The van der Waals surface area contributed by atoms with Crippen LogP contribution < -0.4 is 4.74 Å². The molecule has 1 aromatic carbocycles. The molecule has 0 atom stereocenters. The maximum Gasteiger partial charge on any atom is 0.303 e. The van der Waals surface area contributed by atoms with Crippen LogP contribution in [0.5, 0.6) is 5.75 Å². The second-order valence-corrected chi connectivity index (χ2v) is 7.85. The summed E-state index contributed by atoms with van der Waals surface area (Å²) in [6.07, 6.45) is 13.4. The molecule has 0 bridgehead atoms. The highest BCUT2D eigenvalue weighted by Crippen LogP contribution is 2.48. The van der Waals surface area contributed by atoms with E-state index in [0.717, 1.165) is 17.9 Å². The quantitative estimate of drug-likeness (QED) is 0.777. The third-order valence-corrected chi connectivity index (χ3v) is 6.12. The molecule has 2 fully saturated rings. The number of aliphatic carboxylic acids is 1. The topological polar surface area (TPSA) is 46.5 Å². The van der Waals surface area contributed by atoms with Gasteiger partial charge in [0.2, 0.25) is 0 Å². The summed E-state index contributed by atoms with van der Waals surface area (Å²) in [4.78, 5) is 10.6. The zero-order valence-electron chi connectivity index (χ0n) is 14.6. The Bertz CT molecular complexity index is 519. The van der Waals surface area contributed by atoms with Crippen molar-refractivity contribution in [3.8, 4) is 5.75 Å². The van der Waals surface area contributed by atoms with E-state index in [4.69, 9.17) is 9.84 Å². The number of carboxylic acids is 1. The minimum atomic E-state index is -0.747. The molecule has 2 aliphatic carbocycles. The number of rotatable bonds is 6. The van der Waals surface area contributed by atoms with Crippen molar-refractivity contribution in [3.63, 3.8) is 0 Å². The summed E-state index contributed by atoms with van der Waals surface area (Å²) in [7, 11) is 0. The van der Waals surface area contributed by atoms with Crippen LogP contribution in [0.15, 0.2) is 24.3 Å². The Balaban J connectivity index is 1.41. The van der Waals surface area contributed by atoms with Gasteiger partial charge in [0.25, 0.3) is 0 Å². The van der Waals surface area contributed by atoms with Crippen molar-refractivity contribution in [2.24, 2.45) is 11.3 Å². The van der Waals surface area contributed by atoms with Crippen LogP contribution >= 0.6 is 0 Å². The van der Waals surface area contributed by atoms with Crippen LogP contribution in [0.4, 0.5) is 0 Å². The molecule has 1 N–H and O–H groups in total. The van der Waals surface area contributed by atoms with E-state index in [1.165, 1.54) is 57.8 Å². The Morgan fingerprint density at radius 3 is 2.33 bits per heavy atom. The summed E-state index contributed by atoms with van der Waals surface area (Å²) in [5.74, 6) is 0.861. The molecule has 0 radical (unpaired) electrons. The molecule has 1 spiro atoms. The second kappa shape index (κ2) is 8.04. The monoisotopic (exact) mass is 330 g/mol. The largest absolute Gasteiger partial charge is 0.493 e. The Morgan fingerprint density at radius 2 is 1.71 bits per heavy atom. The first kappa shape index (κ1) is 17.3. The van der Waals surface area contributed by atoms with Crippen molar-refractivity contribution in [1.29, 1.82) is 0 Å². The average molecular weight is 330 g/mol. The third-order valence-electron chi connectivity index (χ3n) is 6.12. The van der Waals surface area contributed by atoms with E-state index in [1.54, 1.807) is 0 Å². The summed E-state index contributed by atoms with van der Waals surface area (Å²) < 4.78 is 5.99. The highest BCUT2D eigenvalue weighted by molar-refractivity contribution is 5.67. The van der Waals surface area contributed by atoms with Crippen molar-refractivity contribution in [3.05, 3.63) is 29.8 Å². The van der Waals surface area contributed by atoms with E-state index in [0.29, 0.717) is 17.8 Å². The van der Waals surface area contributed by atoms with Crippen molar-refractivity contribution in [1.82, 2.24) is 0 Å². The summed E-state index contributed by atoms with van der Waals surface area (Å²) in [5, 5.41) is 8.73. The third kappa shape index (κ3) is 4.75. The molecule has 0 aliphatic heterocycles. The fourth-order valence-corrected chi connectivity index (χ4v) is 4.48. The molecule has 0 unspecified atom stereocenters. The lowest BCUT2D eigenvalue weighted by Gasteiger charge is -2.43. The van der Waals surface area contributed by atoms with Crippen LogP contribution in [0.25, 0.3) is 0 Å². The highest BCUT2D eigenvalue weighted by atomic mass is 16.5. The van der Waals surface area contributed by atoms with Crippen molar-refractivity contribution < 1.29 is 14.6 Å². The molecule has 1 aromatic rings. The van der Waals surface area contributed by atoms with Gasteiger partial charge in [-0.05, 0) is 74.0 Å². The van der Waals surface area contributed by atoms with Gasteiger partial charge < -0.3 is 9.84 Å². The van der Waals surface area contributed by atoms with Crippen LogP contribution in [0.2, 0.25) is 0 Å². The molecule has 2 saturated carbocycles. The molecule has 3 rings (SSSR count). The van der Waals surface area contributed by atoms with Gasteiger partial charge in [0, 0.05) is 6.42 Å². The van der Waals surface area contributed by atoms with Gasteiger partial charge in [0.1, 0.15) is 5.75 Å². The normalized spacial score (nSPS) is 20.8.